The molecule has 9 heteroatoms. The Hall–Kier alpha value is -1.68. The second kappa shape index (κ2) is 8.13. The predicted octanol–water partition coefficient (Wildman–Crippen LogP) is 0.344. The second-order valence-electron chi connectivity index (χ2n) is 6.41. The summed E-state index contributed by atoms with van der Waals surface area (Å²) in [7, 11) is -3.88. The van der Waals surface area contributed by atoms with Gasteiger partial charge in [0.2, 0.25) is 10.0 Å². The van der Waals surface area contributed by atoms with Gasteiger partial charge in [0.1, 0.15) is 0 Å². The molecule has 0 aromatic heterocycles. The zero-order valence-electron chi connectivity index (χ0n) is 14.6. The number of anilines is 1. The molecule has 5 N–H and O–H groups in total. The number of rotatable bonds is 7. The van der Waals surface area contributed by atoms with Gasteiger partial charge < -0.3 is 15.8 Å². The summed E-state index contributed by atoms with van der Waals surface area (Å²) >= 11 is 0. The average molecular weight is 370 g/mol. The van der Waals surface area contributed by atoms with Crippen LogP contribution in [-0.2, 0) is 14.8 Å². The van der Waals surface area contributed by atoms with E-state index >= 15 is 0 Å². The number of hydrogen-bond donors (Lipinski definition) is 3. The van der Waals surface area contributed by atoms with E-state index < -0.39 is 15.9 Å². The minimum Gasteiger partial charge on any atom is -0.384 e. The van der Waals surface area contributed by atoms with Crippen LogP contribution in [0.1, 0.15) is 30.6 Å². The number of nitrogens with zero attached hydrogens (tertiary/aromatic N) is 1. The van der Waals surface area contributed by atoms with Crippen LogP contribution in [0.3, 0.4) is 0 Å². The Morgan fingerprint density at radius 1 is 1.32 bits per heavy atom. The molecule has 25 heavy (non-hydrogen) atoms. The lowest BCUT2D eigenvalue weighted by Crippen LogP contribution is -2.45. The van der Waals surface area contributed by atoms with Gasteiger partial charge in [-0.05, 0) is 38.5 Å². The van der Waals surface area contributed by atoms with Gasteiger partial charge in [0.05, 0.1) is 22.7 Å². The van der Waals surface area contributed by atoms with Gasteiger partial charge in [-0.2, -0.15) is 0 Å². The first-order valence-electron chi connectivity index (χ1n) is 8.25. The molecule has 1 aliphatic heterocycles. The molecular weight excluding hydrogens is 344 g/mol. The first-order chi connectivity index (χ1) is 11.7. The monoisotopic (exact) mass is 370 g/mol. The van der Waals surface area contributed by atoms with Crippen LogP contribution in [0.15, 0.2) is 23.1 Å². The van der Waals surface area contributed by atoms with E-state index in [0.29, 0.717) is 12.2 Å². The third-order valence-corrected chi connectivity index (χ3v) is 4.96. The maximum absolute atomic E-state index is 11.6. The van der Waals surface area contributed by atoms with Crippen molar-refractivity contribution in [3.05, 3.63) is 23.8 Å². The average Bonchev–Trinajstić information content (AvgIpc) is 2.49. The van der Waals surface area contributed by atoms with Gasteiger partial charge >= 0.3 is 0 Å². The molecule has 1 amide bonds. The van der Waals surface area contributed by atoms with Gasteiger partial charge in [0, 0.05) is 31.9 Å². The Morgan fingerprint density at radius 3 is 2.52 bits per heavy atom. The molecular formula is C16H26N4O4S. The van der Waals surface area contributed by atoms with E-state index in [-0.39, 0.29) is 22.7 Å². The molecule has 0 spiro atoms. The molecule has 1 aromatic carbocycles. The van der Waals surface area contributed by atoms with Crippen molar-refractivity contribution in [2.75, 3.05) is 31.5 Å². The summed E-state index contributed by atoms with van der Waals surface area (Å²) in [6.07, 6.45) is 1.32. The molecule has 0 radical (unpaired) electrons. The van der Waals surface area contributed by atoms with E-state index in [0.717, 1.165) is 26.1 Å². The highest BCUT2D eigenvalue weighted by Gasteiger charge is 2.21. The summed E-state index contributed by atoms with van der Waals surface area (Å²) in [5.41, 5.74) is 5.96. The van der Waals surface area contributed by atoms with E-state index in [1.165, 1.54) is 18.2 Å². The van der Waals surface area contributed by atoms with Crippen LogP contribution >= 0.6 is 0 Å². The normalized spacial score (nSPS) is 21.9. The molecule has 0 bridgehead atoms. The number of nitrogens with two attached hydrogens (primary N) is 2. The van der Waals surface area contributed by atoms with Gasteiger partial charge in [0.15, 0.2) is 0 Å². The quantitative estimate of drug-likeness (QED) is 0.594. The molecule has 1 fully saturated rings. The third kappa shape index (κ3) is 5.67. The van der Waals surface area contributed by atoms with E-state index in [1.54, 1.807) is 0 Å². The lowest BCUT2D eigenvalue weighted by atomic mass is 10.1. The highest BCUT2D eigenvalue weighted by molar-refractivity contribution is 7.89. The van der Waals surface area contributed by atoms with Crippen molar-refractivity contribution in [3.63, 3.8) is 0 Å². The first-order valence-corrected chi connectivity index (χ1v) is 9.80. The molecule has 1 heterocycles. The number of primary sulfonamides is 1. The number of ether oxygens (including phenoxy) is 1. The Kier molecular flexibility index (Phi) is 6.39. The molecule has 0 aliphatic carbocycles. The molecule has 8 nitrogen and oxygen atoms in total. The smallest absolute Gasteiger partial charge is 0.250 e. The number of nitrogens with one attached hydrogen (secondary N) is 1. The number of benzene rings is 1. The van der Waals surface area contributed by atoms with Gasteiger partial charge in [-0.25, -0.2) is 13.6 Å². The van der Waals surface area contributed by atoms with Crippen molar-refractivity contribution in [1.82, 2.24) is 4.90 Å². The number of primary amides is 1. The number of hydrogen-bond acceptors (Lipinski definition) is 6. The van der Waals surface area contributed by atoms with Gasteiger partial charge in [-0.15, -0.1) is 0 Å². The summed E-state index contributed by atoms with van der Waals surface area (Å²) in [4.78, 5) is 13.8. The summed E-state index contributed by atoms with van der Waals surface area (Å²) in [5.74, 6) is -0.705. The summed E-state index contributed by atoms with van der Waals surface area (Å²) in [5, 5.41) is 8.23. The number of morpholine rings is 1. The number of carbonyl (C=O) groups excluding carboxylic acids is 1. The predicted molar refractivity (Wildman–Crippen MR) is 95.9 cm³/mol. The Morgan fingerprint density at radius 2 is 1.96 bits per heavy atom. The molecule has 1 aromatic rings. The molecule has 0 unspecified atom stereocenters. The lowest BCUT2D eigenvalue weighted by Gasteiger charge is -2.35. The van der Waals surface area contributed by atoms with E-state index in [4.69, 9.17) is 15.6 Å². The van der Waals surface area contributed by atoms with Crippen LogP contribution in [0.25, 0.3) is 0 Å². The summed E-state index contributed by atoms with van der Waals surface area (Å²) < 4.78 is 28.5. The Balaban J connectivity index is 1.93. The maximum atomic E-state index is 11.6. The molecule has 1 saturated heterocycles. The highest BCUT2D eigenvalue weighted by Crippen LogP contribution is 2.20. The third-order valence-electron chi connectivity index (χ3n) is 4.05. The first kappa shape index (κ1) is 19.6. The van der Waals surface area contributed by atoms with Crippen LogP contribution < -0.4 is 16.2 Å². The summed E-state index contributed by atoms with van der Waals surface area (Å²) in [6, 6.07) is 4.07. The fourth-order valence-electron chi connectivity index (χ4n) is 3.05. The summed E-state index contributed by atoms with van der Waals surface area (Å²) in [6.45, 7) is 7.47. The standard InChI is InChI=1S/C16H26N4O4S/c1-11-9-20(10-12(2)24-11)7-3-6-19-15-5-4-13(25(18,22)23)8-14(15)16(17)21/h4-5,8,11-12,19H,3,6-7,9-10H2,1-2H3,(H2,17,21)(H2,18,22,23)/t11-,12-/m1/s1. The van der Waals surface area contributed by atoms with Crippen molar-refractivity contribution in [3.8, 4) is 0 Å². The van der Waals surface area contributed by atoms with Gasteiger partial charge in [-0.3, -0.25) is 9.69 Å². The highest BCUT2D eigenvalue weighted by atomic mass is 32.2. The molecule has 140 valence electrons. The van der Waals surface area contributed by atoms with Crippen LogP contribution in [0.2, 0.25) is 0 Å². The van der Waals surface area contributed by atoms with Crippen LogP contribution in [0, 0.1) is 0 Å². The maximum Gasteiger partial charge on any atom is 0.250 e. The fraction of sp³-hybridized carbons (Fsp3) is 0.562. The van der Waals surface area contributed by atoms with Crippen molar-refractivity contribution >= 4 is 21.6 Å². The lowest BCUT2D eigenvalue weighted by molar-refractivity contribution is -0.0678. The molecule has 2 rings (SSSR count). The Labute approximate surface area is 148 Å². The van der Waals surface area contributed by atoms with Gasteiger partial charge in [-0.1, -0.05) is 0 Å². The van der Waals surface area contributed by atoms with Crippen molar-refractivity contribution in [2.24, 2.45) is 10.9 Å². The Bertz CT molecular complexity index is 713. The van der Waals surface area contributed by atoms with Crippen LogP contribution in [0.5, 0.6) is 0 Å². The molecule has 1 aliphatic rings. The number of sulfonamides is 1. The number of amides is 1. The van der Waals surface area contributed by atoms with E-state index in [2.05, 4.69) is 24.1 Å². The van der Waals surface area contributed by atoms with Crippen LogP contribution in [-0.4, -0.2) is 57.6 Å². The minimum absolute atomic E-state index is 0.111. The zero-order chi connectivity index (χ0) is 18.6. The van der Waals surface area contributed by atoms with Crippen LogP contribution in [0.4, 0.5) is 5.69 Å². The second-order valence-corrected chi connectivity index (χ2v) is 7.98. The molecule has 2 atom stereocenters. The zero-order valence-corrected chi connectivity index (χ0v) is 15.4. The van der Waals surface area contributed by atoms with Crippen molar-refractivity contribution in [2.45, 2.75) is 37.4 Å². The van der Waals surface area contributed by atoms with Gasteiger partial charge in [0.25, 0.3) is 5.91 Å². The van der Waals surface area contributed by atoms with Crippen molar-refractivity contribution in [1.29, 1.82) is 0 Å². The van der Waals surface area contributed by atoms with Crippen molar-refractivity contribution < 1.29 is 17.9 Å². The van der Waals surface area contributed by atoms with E-state index in [1.807, 2.05) is 0 Å². The number of carbonyl (C=O) groups is 1. The van der Waals surface area contributed by atoms with E-state index in [9.17, 15) is 13.2 Å². The topological polar surface area (TPSA) is 128 Å². The largest absolute Gasteiger partial charge is 0.384 e. The SMILES string of the molecule is C[C@@H]1CN(CCCNc2ccc(S(N)(=O)=O)cc2C(N)=O)C[C@@H](C)O1. The fourth-order valence-corrected chi connectivity index (χ4v) is 3.59. The minimum atomic E-state index is -3.88. The molecule has 0 saturated carbocycles.